The van der Waals surface area contributed by atoms with Gasteiger partial charge in [0.25, 0.3) is 0 Å². The molecule has 0 radical (unpaired) electrons. The first-order valence-electron chi connectivity index (χ1n) is 8.87. The van der Waals surface area contributed by atoms with Crippen LogP contribution in [0, 0.1) is 19.8 Å². The number of nitrogens with one attached hydrogen (secondary N) is 1. The monoisotopic (exact) mass is 400 g/mol. The zero-order valence-electron chi connectivity index (χ0n) is 14.9. The Morgan fingerprint density at radius 2 is 1.92 bits per heavy atom. The van der Waals surface area contributed by atoms with Crippen molar-refractivity contribution in [2.24, 2.45) is 5.92 Å². The van der Waals surface area contributed by atoms with Gasteiger partial charge in [0.2, 0.25) is 5.91 Å². The number of nitrogens with zero attached hydrogens (tertiary/aromatic N) is 1. The molecule has 2 aromatic rings. The van der Waals surface area contributed by atoms with Gasteiger partial charge in [0.15, 0.2) is 0 Å². The Labute approximate surface area is 158 Å². The SMILES string of the molecule is Cc1cccc(C)c1NC(=O)C1CCCN(Cc2cccc(Br)c2)C1. The van der Waals surface area contributed by atoms with Crippen molar-refractivity contribution in [1.82, 2.24) is 4.90 Å². The van der Waals surface area contributed by atoms with Crippen LogP contribution in [0.1, 0.15) is 29.5 Å². The highest BCUT2D eigenvalue weighted by Crippen LogP contribution is 2.24. The molecule has 25 heavy (non-hydrogen) atoms. The summed E-state index contributed by atoms with van der Waals surface area (Å²) in [5.41, 5.74) is 4.49. The van der Waals surface area contributed by atoms with Gasteiger partial charge < -0.3 is 5.32 Å². The quantitative estimate of drug-likeness (QED) is 0.789. The van der Waals surface area contributed by atoms with Crippen LogP contribution in [0.2, 0.25) is 0 Å². The second kappa shape index (κ2) is 8.15. The molecule has 1 heterocycles. The first kappa shape index (κ1) is 18.2. The van der Waals surface area contributed by atoms with Crippen LogP contribution in [0.4, 0.5) is 5.69 Å². The summed E-state index contributed by atoms with van der Waals surface area (Å²) in [6.07, 6.45) is 2.03. The maximum absolute atomic E-state index is 12.8. The minimum absolute atomic E-state index is 0.0555. The zero-order valence-corrected chi connectivity index (χ0v) is 16.5. The molecule has 132 valence electrons. The van der Waals surface area contributed by atoms with Crippen LogP contribution >= 0.6 is 15.9 Å². The van der Waals surface area contributed by atoms with Gasteiger partial charge >= 0.3 is 0 Å². The van der Waals surface area contributed by atoms with Crippen LogP contribution in [-0.2, 0) is 11.3 Å². The molecule has 0 aliphatic carbocycles. The fraction of sp³-hybridized carbons (Fsp3) is 0.381. The average Bonchev–Trinajstić information content (AvgIpc) is 2.58. The third-order valence-corrected chi connectivity index (χ3v) is 5.39. The molecule has 0 spiro atoms. The summed E-state index contributed by atoms with van der Waals surface area (Å²) in [5.74, 6) is 0.205. The van der Waals surface area contributed by atoms with Gasteiger partial charge in [0, 0.05) is 23.2 Å². The van der Waals surface area contributed by atoms with Gasteiger partial charge in [-0.3, -0.25) is 9.69 Å². The first-order chi connectivity index (χ1) is 12.0. The number of hydrogen-bond acceptors (Lipinski definition) is 2. The molecule has 1 aliphatic rings. The molecule has 3 nitrogen and oxygen atoms in total. The van der Waals surface area contributed by atoms with E-state index >= 15 is 0 Å². The van der Waals surface area contributed by atoms with Gasteiger partial charge in [0.1, 0.15) is 0 Å². The number of likely N-dealkylation sites (tertiary alicyclic amines) is 1. The van der Waals surface area contributed by atoms with Crippen molar-refractivity contribution >= 4 is 27.5 Å². The van der Waals surface area contributed by atoms with Crippen LogP contribution in [0.3, 0.4) is 0 Å². The molecule has 1 amide bonds. The summed E-state index contributed by atoms with van der Waals surface area (Å²) in [4.78, 5) is 15.2. The van der Waals surface area contributed by atoms with E-state index in [0.717, 1.165) is 53.8 Å². The van der Waals surface area contributed by atoms with Gasteiger partial charge in [-0.2, -0.15) is 0 Å². The topological polar surface area (TPSA) is 32.3 Å². The van der Waals surface area contributed by atoms with Crippen molar-refractivity contribution in [2.45, 2.75) is 33.2 Å². The van der Waals surface area contributed by atoms with Gasteiger partial charge in [-0.1, -0.05) is 46.3 Å². The summed E-state index contributed by atoms with van der Waals surface area (Å²) in [7, 11) is 0. The van der Waals surface area contributed by atoms with Crippen LogP contribution in [0.15, 0.2) is 46.9 Å². The molecule has 4 heteroatoms. The normalized spacial score (nSPS) is 18.1. The summed E-state index contributed by atoms with van der Waals surface area (Å²) in [5, 5.41) is 3.17. The number of halogens is 1. The molecule has 1 atom stereocenters. The van der Waals surface area contributed by atoms with E-state index in [9.17, 15) is 4.79 Å². The van der Waals surface area contributed by atoms with Gasteiger partial charge in [-0.25, -0.2) is 0 Å². The van der Waals surface area contributed by atoms with Crippen molar-refractivity contribution in [2.75, 3.05) is 18.4 Å². The predicted octanol–water partition coefficient (Wildman–Crippen LogP) is 4.92. The van der Waals surface area contributed by atoms with E-state index in [4.69, 9.17) is 0 Å². The second-order valence-corrected chi connectivity index (χ2v) is 7.88. The molecule has 0 aromatic heterocycles. The van der Waals surface area contributed by atoms with Gasteiger partial charge in [-0.15, -0.1) is 0 Å². The van der Waals surface area contributed by atoms with Crippen LogP contribution < -0.4 is 5.32 Å². The highest BCUT2D eigenvalue weighted by molar-refractivity contribution is 9.10. The number of rotatable bonds is 4. The molecule has 0 saturated carbocycles. The Morgan fingerprint density at radius 3 is 2.64 bits per heavy atom. The maximum Gasteiger partial charge on any atom is 0.228 e. The Kier molecular flexibility index (Phi) is 5.92. The molecule has 0 bridgehead atoms. The van der Waals surface area contributed by atoms with Crippen LogP contribution in [0.25, 0.3) is 0 Å². The molecule has 1 N–H and O–H groups in total. The summed E-state index contributed by atoms with van der Waals surface area (Å²) in [6, 6.07) is 14.5. The molecular formula is C21H25BrN2O. The standard InChI is InChI=1S/C21H25BrN2O/c1-15-6-3-7-16(2)20(15)23-21(25)18-9-5-11-24(14-18)13-17-8-4-10-19(22)12-17/h3-4,6-8,10,12,18H,5,9,11,13-14H2,1-2H3,(H,23,25). The number of aryl methyl sites for hydroxylation is 2. The van der Waals surface area contributed by atoms with E-state index in [1.165, 1.54) is 5.56 Å². The summed E-state index contributed by atoms with van der Waals surface area (Å²) in [6.45, 7) is 6.86. The predicted molar refractivity (Wildman–Crippen MR) is 107 cm³/mol. The number of carbonyl (C=O) groups is 1. The Bertz CT molecular complexity index is 739. The average molecular weight is 401 g/mol. The molecule has 1 fully saturated rings. The Hall–Kier alpha value is -1.65. The van der Waals surface area contributed by atoms with Crippen LogP contribution in [-0.4, -0.2) is 23.9 Å². The summed E-state index contributed by atoms with van der Waals surface area (Å²) >= 11 is 3.53. The smallest absolute Gasteiger partial charge is 0.228 e. The van der Waals surface area contributed by atoms with Gasteiger partial charge in [0.05, 0.1) is 5.92 Å². The lowest BCUT2D eigenvalue weighted by atomic mass is 9.96. The lowest BCUT2D eigenvalue weighted by molar-refractivity contribution is -0.121. The fourth-order valence-corrected chi connectivity index (χ4v) is 3.99. The largest absolute Gasteiger partial charge is 0.325 e. The molecule has 1 aliphatic heterocycles. The van der Waals surface area contributed by atoms with E-state index in [1.54, 1.807) is 0 Å². The minimum atomic E-state index is 0.0555. The number of carbonyl (C=O) groups excluding carboxylic acids is 1. The fourth-order valence-electron chi connectivity index (χ4n) is 3.54. The van der Waals surface area contributed by atoms with E-state index in [-0.39, 0.29) is 11.8 Å². The van der Waals surface area contributed by atoms with E-state index in [0.29, 0.717) is 0 Å². The number of hydrogen-bond donors (Lipinski definition) is 1. The third kappa shape index (κ3) is 4.71. The highest BCUT2D eigenvalue weighted by atomic mass is 79.9. The number of benzene rings is 2. The van der Waals surface area contributed by atoms with E-state index in [1.807, 2.05) is 38.1 Å². The highest BCUT2D eigenvalue weighted by Gasteiger charge is 2.26. The van der Waals surface area contributed by atoms with E-state index < -0.39 is 0 Å². The Balaban J connectivity index is 1.63. The molecular weight excluding hydrogens is 376 g/mol. The number of para-hydroxylation sites is 1. The maximum atomic E-state index is 12.8. The third-order valence-electron chi connectivity index (χ3n) is 4.90. The lowest BCUT2D eigenvalue weighted by Crippen LogP contribution is -2.40. The second-order valence-electron chi connectivity index (χ2n) is 6.96. The van der Waals surface area contributed by atoms with Crippen molar-refractivity contribution in [3.8, 4) is 0 Å². The number of anilines is 1. The van der Waals surface area contributed by atoms with E-state index in [2.05, 4.69) is 44.3 Å². The molecule has 1 saturated heterocycles. The Morgan fingerprint density at radius 1 is 1.20 bits per heavy atom. The van der Waals surface area contributed by atoms with Gasteiger partial charge in [-0.05, 0) is 62.1 Å². The number of piperidine rings is 1. The van der Waals surface area contributed by atoms with Crippen LogP contribution in [0.5, 0.6) is 0 Å². The van der Waals surface area contributed by atoms with Crippen molar-refractivity contribution in [3.63, 3.8) is 0 Å². The number of amides is 1. The van der Waals surface area contributed by atoms with Crippen molar-refractivity contribution in [1.29, 1.82) is 0 Å². The minimum Gasteiger partial charge on any atom is -0.325 e. The van der Waals surface area contributed by atoms with Crippen molar-refractivity contribution < 1.29 is 4.79 Å². The molecule has 1 unspecified atom stereocenters. The molecule has 3 rings (SSSR count). The lowest BCUT2D eigenvalue weighted by Gasteiger charge is -2.32. The summed E-state index contributed by atoms with van der Waals surface area (Å²) < 4.78 is 1.10. The zero-order chi connectivity index (χ0) is 17.8. The first-order valence-corrected chi connectivity index (χ1v) is 9.66. The molecule has 2 aromatic carbocycles. The van der Waals surface area contributed by atoms with Crippen molar-refractivity contribution in [3.05, 3.63) is 63.6 Å².